The molecule has 0 aliphatic rings. The van der Waals surface area contributed by atoms with E-state index in [0.717, 1.165) is 9.13 Å². The Labute approximate surface area is 261 Å². The lowest BCUT2D eigenvalue weighted by atomic mass is 10.1. The van der Waals surface area contributed by atoms with Gasteiger partial charge < -0.3 is 13.7 Å². The van der Waals surface area contributed by atoms with Gasteiger partial charge in [-0.2, -0.15) is 0 Å². The van der Waals surface area contributed by atoms with Crippen molar-refractivity contribution in [3.63, 3.8) is 0 Å². The third-order valence-corrected chi connectivity index (χ3v) is 6.99. The number of para-hydroxylation sites is 4. The maximum absolute atomic E-state index is 9.77. The van der Waals surface area contributed by atoms with E-state index in [-0.39, 0.29) is 43.4 Å². The van der Waals surface area contributed by atoms with Crippen LogP contribution in [0.1, 0.15) is 30.2 Å². The first-order chi connectivity index (χ1) is 28.9. The Bertz CT molecular complexity index is 3280. The van der Waals surface area contributed by atoms with Crippen LogP contribution in [-0.2, 0) is 7.05 Å². The summed E-state index contributed by atoms with van der Waals surface area (Å²) in [6, 6.07) is -16.1. The maximum Gasteiger partial charge on any atom is 0.0652 e. The van der Waals surface area contributed by atoms with Crippen molar-refractivity contribution in [2.24, 2.45) is 7.05 Å². The highest BCUT2D eigenvalue weighted by Crippen LogP contribution is 2.37. The molecule has 6 aromatic carbocycles. The van der Waals surface area contributed by atoms with Crippen LogP contribution in [-0.4, -0.2) is 13.7 Å². The zero-order valence-electron chi connectivity index (χ0n) is 42.3. The molecule has 0 amide bonds. The Morgan fingerprint density at radius 2 is 0.700 bits per heavy atom. The van der Waals surface area contributed by atoms with Crippen LogP contribution in [0.5, 0.6) is 0 Å². The fourth-order valence-corrected chi connectivity index (χ4v) is 5.27. The van der Waals surface area contributed by atoms with Crippen molar-refractivity contribution < 1.29 is 30.2 Å². The lowest BCUT2D eigenvalue weighted by Gasteiger charge is -2.09. The van der Waals surface area contributed by atoms with E-state index in [1.807, 2.05) is 0 Å². The molecule has 3 aromatic heterocycles. The summed E-state index contributed by atoms with van der Waals surface area (Å²) < 4.78 is 198. The average molecular weight is 534 g/mol. The molecule has 0 spiro atoms. The van der Waals surface area contributed by atoms with Crippen molar-refractivity contribution in [1.82, 2.24) is 13.7 Å². The van der Waals surface area contributed by atoms with Crippen LogP contribution in [0.3, 0.4) is 0 Å². The van der Waals surface area contributed by atoms with Gasteiger partial charge in [0.15, 0.2) is 0 Å². The summed E-state index contributed by atoms with van der Waals surface area (Å²) in [5.41, 5.74) is -3.47. The fraction of sp³-hybridized carbons (Fsp3) is 0.0270. The first-order valence-electron chi connectivity index (χ1n) is 23.0. The third-order valence-electron chi connectivity index (χ3n) is 6.99. The molecular formula is C37H25N3. The summed E-state index contributed by atoms with van der Waals surface area (Å²) in [5, 5.41) is -2.12. The highest BCUT2D eigenvalue weighted by atomic mass is 15.0. The van der Waals surface area contributed by atoms with Gasteiger partial charge in [-0.3, -0.25) is 0 Å². The van der Waals surface area contributed by atoms with Gasteiger partial charge in [0.2, 0.25) is 0 Å². The maximum atomic E-state index is 9.77. The van der Waals surface area contributed by atoms with Gasteiger partial charge in [-0.05, 0) is 60.4 Å². The smallest absolute Gasteiger partial charge is 0.0652 e. The number of aryl methyl sites for hydroxylation is 1. The summed E-state index contributed by atoms with van der Waals surface area (Å²) in [4.78, 5) is 0. The average Bonchev–Trinajstić information content (AvgIpc) is 3.88. The topological polar surface area (TPSA) is 14.8 Å². The molecule has 9 rings (SSSR count). The van der Waals surface area contributed by atoms with E-state index in [1.165, 1.54) is 11.6 Å². The Balaban J connectivity index is 1.56. The monoisotopic (exact) mass is 533 g/mol. The van der Waals surface area contributed by atoms with Crippen LogP contribution >= 0.6 is 0 Å². The zero-order chi connectivity index (χ0) is 45.5. The molecular weight excluding hydrogens is 486 g/mol. The van der Waals surface area contributed by atoms with Gasteiger partial charge in [-0.1, -0.05) is 72.5 Å². The standard InChI is InChI=1S/C37H25N3/c1-38-32-20-18-24(39-34-14-6-2-10-26(34)27-11-3-7-15-35(27)39)22-30(32)31-23-25(19-21-33(31)38)40-36-16-8-4-12-28(36)29-13-5-9-17-37(29)40/h2-23H,1H3/i2D,3D,4D,5D,6D,7D,8D,9D,10D,11D,12D,13D,14D,15D,16D,17D,18D,19D,20D,21D,22D,23D. The molecule has 0 atom stereocenters. The molecule has 9 aromatic rings. The number of rotatable bonds is 2. The first-order valence-corrected chi connectivity index (χ1v) is 12.0. The Hall–Kier alpha value is -5.28. The number of fused-ring (bicyclic) bond motifs is 9. The summed E-state index contributed by atoms with van der Waals surface area (Å²) in [6.07, 6.45) is 0. The van der Waals surface area contributed by atoms with Crippen molar-refractivity contribution in [3.05, 3.63) is 133 Å². The van der Waals surface area contributed by atoms with Crippen LogP contribution in [0, 0.1) is 0 Å². The van der Waals surface area contributed by atoms with Crippen molar-refractivity contribution in [1.29, 1.82) is 0 Å². The van der Waals surface area contributed by atoms with Gasteiger partial charge in [0.05, 0.1) is 52.2 Å². The molecule has 0 radical (unpaired) electrons. The van der Waals surface area contributed by atoms with Crippen LogP contribution in [0.15, 0.2) is 133 Å². The van der Waals surface area contributed by atoms with E-state index in [9.17, 15) is 8.22 Å². The molecule has 0 bridgehead atoms. The van der Waals surface area contributed by atoms with Crippen LogP contribution < -0.4 is 0 Å². The molecule has 3 heterocycles. The van der Waals surface area contributed by atoms with Gasteiger partial charge in [0.25, 0.3) is 0 Å². The molecule has 0 fully saturated rings. The van der Waals surface area contributed by atoms with Crippen LogP contribution in [0.4, 0.5) is 0 Å². The largest absolute Gasteiger partial charge is 0.344 e. The predicted octanol–water partition coefficient (Wildman–Crippen LogP) is 9.53. The van der Waals surface area contributed by atoms with E-state index in [4.69, 9.17) is 21.9 Å². The van der Waals surface area contributed by atoms with E-state index >= 15 is 0 Å². The minimum absolute atomic E-state index is 0.229. The normalized spacial score (nSPS) is 19.8. The molecule has 3 nitrogen and oxygen atoms in total. The highest BCUT2D eigenvalue weighted by molar-refractivity contribution is 6.13. The molecule has 0 saturated carbocycles. The second-order valence-corrected chi connectivity index (χ2v) is 9.02. The van der Waals surface area contributed by atoms with E-state index in [1.54, 1.807) is 0 Å². The third kappa shape index (κ3) is 2.79. The first kappa shape index (κ1) is 9.42. The molecule has 3 heteroatoms. The van der Waals surface area contributed by atoms with Gasteiger partial charge in [0.1, 0.15) is 0 Å². The molecule has 0 saturated heterocycles. The van der Waals surface area contributed by atoms with Crippen LogP contribution in [0.2, 0.25) is 0 Å². The van der Waals surface area contributed by atoms with Crippen molar-refractivity contribution in [2.75, 3.05) is 0 Å². The molecule has 0 N–H and O–H groups in total. The van der Waals surface area contributed by atoms with Gasteiger partial charge >= 0.3 is 0 Å². The Morgan fingerprint density at radius 1 is 0.375 bits per heavy atom. The highest BCUT2D eigenvalue weighted by Gasteiger charge is 2.16. The minimum atomic E-state index is -0.778. The molecule has 0 unspecified atom stereocenters. The second kappa shape index (κ2) is 7.87. The number of hydrogen-bond donors (Lipinski definition) is 0. The number of benzene rings is 6. The number of nitrogens with zero attached hydrogens (tertiary/aromatic N) is 3. The summed E-state index contributed by atoms with van der Waals surface area (Å²) >= 11 is 0. The van der Waals surface area contributed by atoms with Crippen LogP contribution in [0.25, 0.3) is 76.8 Å². The summed E-state index contributed by atoms with van der Waals surface area (Å²) in [6.45, 7) is 0. The number of hydrogen-bond acceptors (Lipinski definition) is 0. The van der Waals surface area contributed by atoms with E-state index in [0.29, 0.717) is 0 Å². The molecule has 0 aliphatic carbocycles. The molecule has 188 valence electrons. The van der Waals surface area contributed by atoms with Gasteiger partial charge in [0, 0.05) is 61.8 Å². The lowest BCUT2D eigenvalue weighted by molar-refractivity contribution is 1.01. The Morgan fingerprint density at radius 3 is 1.05 bits per heavy atom. The zero-order valence-corrected chi connectivity index (χ0v) is 20.3. The molecule has 0 aliphatic heterocycles. The summed E-state index contributed by atoms with van der Waals surface area (Å²) in [7, 11) is 1.35. The van der Waals surface area contributed by atoms with Crippen molar-refractivity contribution in [2.45, 2.75) is 0 Å². The van der Waals surface area contributed by atoms with Gasteiger partial charge in [-0.15, -0.1) is 0 Å². The van der Waals surface area contributed by atoms with Gasteiger partial charge in [-0.25, -0.2) is 0 Å². The number of aromatic nitrogens is 3. The fourth-order valence-electron chi connectivity index (χ4n) is 5.27. The van der Waals surface area contributed by atoms with Crippen molar-refractivity contribution >= 4 is 65.4 Å². The van der Waals surface area contributed by atoms with E-state index in [2.05, 4.69) is 0 Å². The molecule has 40 heavy (non-hydrogen) atoms. The summed E-state index contributed by atoms with van der Waals surface area (Å²) in [5.74, 6) is 0. The Kier molecular flexibility index (Phi) is 1.85. The van der Waals surface area contributed by atoms with Crippen molar-refractivity contribution in [3.8, 4) is 11.4 Å². The minimum Gasteiger partial charge on any atom is -0.344 e. The lowest BCUT2D eigenvalue weighted by Crippen LogP contribution is -1.94. The SMILES string of the molecule is [2H]c1c([2H])c([2H])c2c(c1[2H])c1c([2H])c([2H])c([2H])c([2H])c1n2-c1c([2H])c([2H])c2c(c1[2H])c1c([2H])c(-n3c4c([2H])c([2H])c([2H])c([2H])c4c4c([2H])c([2H])c([2H])c([2H])c43)c([2H])c([2H])c1n2C. The second-order valence-electron chi connectivity index (χ2n) is 9.02. The predicted molar refractivity (Wildman–Crippen MR) is 169 cm³/mol. The van der Waals surface area contributed by atoms with E-state index < -0.39 is 166 Å². The quantitative estimate of drug-likeness (QED) is 0.210.